The lowest BCUT2D eigenvalue weighted by Crippen LogP contribution is -2.24. The van der Waals surface area contributed by atoms with Crippen LogP contribution in [0.3, 0.4) is 0 Å². The van der Waals surface area contributed by atoms with Crippen molar-refractivity contribution < 1.29 is 26.3 Å². The average molecular weight is 296 g/mol. The van der Waals surface area contributed by atoms with Gasteiger partial charge in [0, 0.05) is 19.3 Å². The first-order chi connectivity index (χ1) is 9.04. The minimum atomic E-state index is -4.67. The molecule has 1 aromatic rings. The lowest BCUT2D eigenvalue weighted by atomic mass is 10.1. The van der Waals surface area contributed by atoms with Crippen LogP contribution in [0.25, 0.3) is 0 Å². The van der Waals surface area contributed by atoms with Crippen molar-refractivity contribution >= 4 is 5.69 Å². The van der Waals surface area contributed by atoms with Gasteiger partial charge in [-0.1, -0.05) is 0 Å². The van der Waals surface area contributed by atoms with Crippen LogP contribution >= 0.6 is 0 Å². The first kappa shape index (κ1) is 16.1. The zero-order valence-electron chi connectivity index (χ0n) is 10.3. The van der Waals surface area contributed by atoms with Crippen molar-refractivity contribution in [3.8, 4) is 6.07 Å². The predicted octanol–water partition coefficient (Wildman–Crippen LogP) is 3.97. The number of nitrogens with zero attached hydrogens (tertiary/aromatic N) is 2. The number of halogens is 6. The van der Waals surface area contributed by atoms with Crippen molar-refractivity contribution in [1.29, 1.82) is 5.26 Å². The van der Waals surface area contributed by atoms with Gasteiger partial charge in [0.1, 0.15) is 0 Å². The van der Waals surface area contributed by atoms with Gasteiger partial charge in [0.25, 0.3) is 0 Å². The minimum Gasteiger partial charge on any atom is -0.374 e. The van der Waals surface area contributed by atoms with Crippen LogP contribution in [0.5, 0.6) is 0 Å². The van der Waals surface area contributed by atoms with Gasteiger partial charge in [0.15, 0.2) is 0 Å². The fourth-order valence-corrected chi connectivity index (χ4v) is 1.53. The Morgan fingerprint density at radius 3 is 2.20 bits per heavy atom. The Morgan fingerprint density at radius 1 is 1.15 bits per heavy atom. The lowest BCUT2D eigenvalue weighted by molar-refractivity contribution is -0.137. The van der Waals surface area contributed by atoms with Gasteiger partial charge >= 0.3 is 12.4 Å². The summed E-state index contributed by atoms with van der Waals surface area (Å²) in [6, 6.07) is 4.06. The first-order valence-electron chi connectivity index (χ1n) is 5.44. The molecule has 0 radical (unpaired) electrons. The summed E-state index contributed by atoms with van der Waals surface area (Å²) in [4.78, 5) is 1.15. The quantitative estimate of drug-likeness (QED) is 0.789. The van der Waals surface area contributed by atoms with E-state index in [1.54, 1.807) is 0 Å². The number of alkyl halides is 6. The topological polar surface area (TPSA) is 27.0 Å². The smallest absolute Gasteiger partial charge is 0.374 e. The Kier molecular flexibility index (Phi) is 4.53. The molecule has 0 aliphatic carbocycles. The van der Waals surface area contributed by atoms with Gasteiger partial charge in [-0.3, -0.25) is 0 Å². The van der Waals surface area contributed by atoms with E-state index in [2.05, 4.69) is 0 Å². The average Bonchev–Trinajstić information content (AvgIpc) is 2.33. The standard InChI is InChI=1S/C12H10F6N2/c1-20(5-4-11(13,14)15)9-2-3-10(12(16,17)18)8(6-9)7-19/h2-3,6H,4-5H2,1H3. The molecule has 0 atom stereocenters. The summed E-state index contributed by atoms with van der Waals surface area (Å²) in [7, 11) is 1.31. The maximum absolute atomic E-state index is 12.6. The number of hydrogen-bond donors (Lipinski definition) is 0. The van der Waals surface area contributed by atoms with Crippen LogP contribution in [0.15, 0.2) is 18.2 Å². The highest BCUT2D eigenvalue weighted by molar-refractivity contribution is 5.54. The molecule has 0 saturated carbocycles. The molecular formula is C12H10F6N2. The van der Waals surface area contributed by atoms with Crippen molar-refractivity contribution in [1.82, 2.24) is 0 Å². The summed E-state index contributed by atoms with van der Waals surface area (Å²) < 4.78 is 73.9. The number of nitriles is 1. The highest BCUT2D eigenvalue weighted by Gasteiger charge is 2.34. The SMILES string of the molecule is CN(CCC(F)(F)F)c1ccc(C(F)(F)F)c(C#N)c1. The molecule has 0 unspecified atom stereocenters. The second kappa shape index (κ2) is 5.61. The van der Waals surface area contributed by atoms with Gasteiger partial charge in [-0.2, -0.15) is 31.6 Å². The van der Waals surface area contributed by atoms with E-state index in [9.17, 15) is 26.3 Å². The van der Waals surface area contributed by atoms with Gasteiger partial charge in [-0.15, -0.1) is 0 Å². The van der Waals surface area contributed by atoms with Crippen molar-refractivity contribution in [2.45, 2.75) is 18.8 Å². The Morgan fingerprint density at radius 2 is 1.75 bits per heavy atom. The molecule has 0 N–H and O–H groups in total. The number of rotatable bonds is 3. The molecule has 8 heteroatoms. The molecule has 0 bridgehead atoms. The fourth-order valence-electron chi connectivity index (χ4n) is 1.53. The third kappa shape index (κ3) is 4.33. The van der Waals surface area contributed by atoms with E-state index in [0.29, 0.717) is 6.07 Å². The van der Waals surface area contributed by atoms with E-state index >= 15 is 0 Å². The van der Waals surface area contributed by atoms with Crippen molar-refractivity contribution in [3.05, 3.63) is 29.3 Å². The third-order valence-corrected chi connectivity index (χ3v) is 2.60. The highest BCUT2D eigenvalue weighted by atomic mass is 19.4. The Hall–Kier alpha value is -1.91. The molecule has 0 saturated heterocycles. The Labute approximate surface area is 111 Å². The van der Waals surface area contributed by atoms with E-state index in [1.807, 2.05) is 0 Å². The minimum absolute atomic E-state index is 0.124. The van der Waals surface area contributed by atoms with Gasteiger partial charge in [-0.05, 0) is 18.2 Å². The molecule has 0 aromatic heterocycles. The fraction of sp³-hybridized carbons (Fsp3) is 0.417. The third-order valence-electron chi connectivity index (χ3n) is 2.60. The largest absolute Gasteiger partial charge is 0.417 e. The summed E-state index contributed by atoms with van der Waals surface area (Å²) in [5.41, 5.74) is -1.60. The molecule has 0 fully saturated rings. The van der Waals surface area contributed by atoms with Crippen LogP contribution in [0.2, 0.25) is 0 Å². The predicted molar refractivity (Wildman–Crippen MR) is 60.1 cm³/mol. The molecule has 110 valence electrons. The molecule has 0 spiro atoms. The zero-order chi connectivity index (χ0) is 15.6. The van der Waals surface area contributed by atoms with Gasteiger partial charge in [-0.25, -0.2) is 0 Å². The van der Waals surface area contributed by atoms with Crippen LogP contribution in [-0.2, 0) is 6.18 Å². The molecule has 0 aliphatic rings. The molecule has 0 heterocycles. The molecule has 20 heavy (non-hydrogen) atoms. The maximum Gasteiger partial charge on any atom is 0.417 e. The van der Waals surface area contributed by atoms with Gasteiger partial charge < -0.3 is 4.90 Å². The Balaban J connectivity index is 2.97. The van der Waals surface area contributed by atoms with Crippen LogP contribution in [0, 0.1) is 11.3 Å². The molecule has 1 aromatic carbocycles. The van der Waals surface area contributed by atoms with E-state index in [4.69, 9.17) is 5.26 Å². The van der Waals surface area contributed by atoms with Crippen molar-refractivity contribution in [3.63, 3.8) is 0 Å². The van der Waals surface area contributed by atoms with E-state index < -0.39 is 36.4 Å². The molecule has 1 rings (SSSR count). The monoisotopic (exact) mass is 296 g/mol. The van der Waals surface area contributed by atoms with Crippen LogP contribution in [0.4, 0.5) is 32.0 Å². The molecular weight excluding hydrogens is 286 g/mol. The Bertz CT molecular complexity index is 512. The molecule has 0 aliphatic heterocycles. The van der Waals surface area contributed by atoms with Gasteiger partial charge in [0.2, 0.25) is 0 Å². The second-order valence-electron chi connectivity index (χ2n) is 4.13. The first-order valence-corrected chi connectivity index (χ1v) is 5.44. The van der Waals surface area contributed by atoms with Crippen molar-refractivity contribution in [2.24, 2.45) is 0 Å². The lowest BCUT2D eigenvalue weighted by Gasteiger charge is -2.21. The summed E-state index contributed by atoms with van der Waals surface area (Å²) in [5.74, 6) is 0. The van der Waals surface area contributed by atoms with E-state index in [0.717, 1.165) is 17.0 Å². The summed E-state index contributed by atoms with van der Waals surface area (Å²) in [5, 5.41) is 8.70. The summed E-state index contributed by atoms with van der Waals surface area (Å²) in [6.07, 6.45) is -10.1. The van der Waals surface area contributed by atoms with Crippen LogP contribution < -0.4 is 4.90 Å². The zero-order valence-corrected chi connectivity index (χ0v) is 10.3. The van der Waals surface area contributed by atoms with Gasteiger partial charge in [0.05, 0.1) is 23.6 Å². The van der Waals surface area contributed by atoms with E-state index in [1.165, 1.54) is 13.1 Å². The maximum atomic E-state index is 12.6. The van der Waals surface area contributed by atoms with Crippen LogP contribution in [-0.4, -0.2) is 19.8 Å². The van der Waals surface area contributed by atoms with Crippen molar-refractivity contribution in [2.75, 3.05) is 18.5 Å². The number of benzene rings is 1. The number of hydrogen-bond acceptors (Lipinski definition) is 2. The summed E-state index contributed by atoms with van der Waals surface area (Å²) >= 11 is 0. The van der Waals surface area contributed by atoms with Crippen LogP contribution in [0.1, 0.15) is 17.5 Å². The normalized spacial score (nSPS) is 12.1. The second-order valence-corrected chi connectivity index (χ2v) is 4.13. The molecule has 0 amide bonds. The highest BCUT2D eigenvalue weighted by Crippen LogP contribution is 2.33. The summed E-state index contributed by atoms with van der Waals surface area (Å²) in [6.45, 7) is -0.403. The number of anilines is 1. The van der Waals surface area contributed by atoms with E-state index in [-0.39, 0.29) is 5.69 Å². The molecule has 2 nitrogen and oxygen atoms in total.